The Balaban J connectivity index is 1.92. The van der Waals surface area contributed by atoms with Crippen LogP contribution in [-0.2, 0) is 9.53 Å². The Morgan fingerprint density at radius 2 is 2.37 bits per heavy atom. The van der Waals surface area contributed by atoms with E-state index in [-0.39, 0.29) is 5.92 Å². The second-order valence-electron chi connectivity index (χ2n) is 5.86. The van der Waals surface area contributed by atoms with Gasteiger partial charge in [0, 0.05) is 12.6 Å². The van der Waals surface area contributed by atoms with Gasteiger partial charge in [-0.15, -0.1) is 0 Å². The third-order valence-electron chi connectivity index (χ3n) is 4.92. The molecule has 1 saturated carbocycles. The third kappa shape index (κ3) is 2.93. The number of ether oxygens (including phenoxy) is 1. The minimum Gasteiger partial charge on any atom is -0.480 e. The van der Waals surface area contributed by atoms with Gasteiger partial charge in [-0.05, 0) is 45.7 Å². The van der Waals surface area contributed by atoms with Crippen molar-refractivity contribution < 1.29 is 14.6 Å². The van der Waals surface area contributed by atoms with E-state index in [1.165, 1.54) is 0 Å². The molecule has 0 aromatic heterocycles. The monoisotopic (exact) mass is 270 g/mol. The van der Waals surface area contributed by atoms with Crippen LogP contribution in [0.3, 0.4) is 0 Å². The lowest BCUT2D eigenvalue weighted by atomic mass is 9.84. The zero-order chi connectivity index (χ0) is 13.9. The third-order valence-corrected chi connectivity index (χ3v) is 4.92. The van der Waals surface area contributed by atoms with Gasteiger partial charge in [-0.1, -0.05) is 6.42 Å². The topological polar surface area (TPSA) is 61.8 Å². The highest BCUT2D eigenvalue weighted by Gasteiger charge is 2.47. The van der Waals surface area contributed by atoms with E-state index < -0.39 is 11.5 Å². The lowest BCUT2D eigenvalue weighted by molar-refractivity contribution is -0.146. The molecule has 1 heterocycles. The van der Waals surface area contributed by atoms with Crippen molar-refractivity contribution in [1.29, 1.82) is 0 Å². The smallest absolute Gasteiger partial charge is 0.324 e. The van der Waals surface area contributed by atoms with Crippen molar-refractivity contribution >= 4 is 5.97 Å². The van der Waals surface area contributed by atoms with Crippen molar-refractivity contribution in [2.45, 2.75) is 44.2 Å². The zero-order valence-corrected chi connectivity index (χ0v) is 12.0. The molecule has 5 heteroatoms. The number of nitrogens with one attached hydrogen (secondary N) is 1. The van der Waals surface area contributed by atoms with Crippen LogP contribution in [0, 0.1) is 5.92 Å². The first kappa shape index (κ1) is 14.8. The molecule has 2 aliphatic rings. The fourth-order valence-electron chi connectivity index (χ4n) is 3.60. The van der Waals surface area contributed by atoms with Gasteiger partial charge in [0.1, 0.15) is 5.54 Å². The standard InChI is InChI=1S/C14H26N2O3/c1-11-10-19-9-8-16(11)7-5-12-4-3-6-14(12,15-2)13(17)18/h11-12,15H,3-10H2,1-2H3,(H,17,18). The Bertz CT molecular complexity index is 324. The van der Waals surface area contributed by atoms with Crippen molar-refractivity contribution in [3.63, 3.8) is 0 Å². The summed E-state index contributed by atoms with van der Waals surface area (Å²) in [5, 5.41) is 12.6. The molecule has 1 aliphatic carbocycles. The van der Waals surface area contributed by atoms with Crippen molar-refractivity contribution in [3.05, 3.63) is 0 Å². The Kier molecular flexibility index (Phi) is 4.81. The zero-order valence-electron chi connectivity index (χ0n) is 12.0. The van der Waals surface area contributed by atoms with Crippen LogP contribution >= 0.6 is 0 Å². The lowest BCUT2D eigenvalue weighted by Gasteiger charge is -2.36. The summed E-state index contributed by atoms with van der Waals surface area (Å²) in [7, 11) is 1.78. The van der Waals surface area contributed by atoms with E-state index in [0.29, 0.717) is 6.04 Å². The highest BCUT2D eigenvalue weighted by Crippen LogP contribution is 2.38. The van der Waals surface area contributed by atoms with Gasteiger partial charge in [0.15, 0.2) is 0 Å². The van der Waals surface area contributed by atoms with Gasteiger partial charge >= 0.3 is 5.97 Å². The van der Waals surface area contributed by atoms with Crippen LogP contribution in [0.15, 0.2) is 0 Å². The van der Waals surface area contributed by atoms with E-state index in [2.05, 4.69) is 17.1 Å². The van der Waals surface area contributed by atoms with Crippen LogP contribution in [0.2, 0.25) is 0 Å². The molecular weight excluding hydrogens is 244 g/mol. The highest BCUT2D eigenvalue weighted by atomic mass is 16.5. The van der Waals surface area contributed by atoms with Gasteiger partial charge in [-0.25, -0.2) is 0 Å². The maximum atomic E-state index is 11.6. The molecule has 0 aromatic carbocycles. The molecule has 2 fully saturated rings. The SMILES string of the molecule is CNC1(C(=O)O)CCCC1CCN1CCOCC1C. The summed E-state index contributed by atoms with van der Waals surface area (Å²) < 4.78 is 5.44. The van der Waals surface area contributed by atoms with Crippen molar-refractivity contribution in [3.8, 4) is 0 Å². The second-order valence-corrected chi connectivity index (χ2v) is 5.86. The maximum absolute atomic E-state index is 11.6. The van der Waals surface area contributed by atoms with Crippen molar-refractivity contribution in [1.82, 2.24) is 10.2 Å². The number of hydrogen-bond donors (Lipinski definition) is 2. The summed E-state index contributed by atoms with van der Waals surface area (Å²) in [5.74, 6) is -0.447. The lowest BCUT2D eigenvalue weighted by Crippen LogP contribution is -2.54. The molecule has 0 spiro atoms. The predicted octanol–water partition coefficient (Wildman–Crippen LogP) is 0.940. The van der Waals surface area contributed by atoms with E-state index in [9.17, 15) is 9.90 Å². The maximum Gasteiger partial charge on any atom is 0.324 e. The molecule has 0 aromatic rings. The first-order valence-electron chi connectivity index (χ1n) is 7.34. The van der Waals surface area contributed by atoms with E-state index in [1.807, 2.05) is 0 Å². The molecule has 2 N–H and O–H groups in total. The first-order valence-corrected chi connectivity index (χ1v) is 7.34. The second kappa shape index (κ2) is 6.20. The van der Waals surface area contributed by atoms with E-state index in [0.717, 1.165) is 52.0 Å². The number of nitrogens with zero attached hydrogens (tertiary/aromatic N) is 1. The number of morpholine rings is 1. The van der Waals surface area contributed by atoms with Crippen LogP contribution in [0.1, 0.15) is 32.6 Å². The molecular formula is C14H26N2O3. The van der Waals surface area contributed by atoms with Gasteiger partial charge < -0.3 is 15.2 Å². The fraction of sp³-hybridized carbons (Fsp3) is 0.929. The number of carbonyl (C=O) groups is 1. The van der Waals surface area contributed by atoms with E-state index in [1.54, 1.807) is 7.05 Å². The highest BCUT2D eigenvalue weighted by molar-refractivity contribution is 5.79. The minimum absolute atomic E-state index is 0.241. The van der Waals surface area contributed by atoms with Crippen LogP contribution in [0.5, 0.6) is 0 Å². The van der Waals surface area contributed by atoms with Gasteiger partial charge in [0.2, 0.25) is 0 Å². The molecule has 1 saturated heterocycles. The largest absolute Gasteiger partial charge is 0.480 e. The minimum atomic E-state index is -0.699. The van der Waals surface area contributed by atoms with Gasteiger partial charge in [-0.3, -0.25) is 9.69 Å². The van der Waals surface area contributed by atoms with Crippen molar-refractivity contribution in [2.24, 2.45) is 5.92 Å². The number of hydrogen-bond acceptors (Lipinski definition) is 4. The van der Waals surface area contributed by atoms with Crippen LogP contribution in [0.4, 0.5) is 0 Å². The Morgan fingerprint density at radius 3 is 3.00 bits per heavy atom. The predicted molar refractivity (Wildman–Crippen MR) is 73.2 cm³/mol. The Hall–Kier alpha value is -0.650. The van der Waals surface area contributed by atoms with Crippen LogP contribution in [0.25, 0.3) is 0 Å². The molecule has 0 bridgehead atoms. The normalized spacial score (nSPS) is 36.5. The molecule has 110 valence electrons. The van der Waals surface area contributed by atoms with Gasteiger partial charge in [0.05, 0.1) is 13.2 Å². The summed E-state index contributed by atoms with van der Waals surface area (Å²) in [6, 6.07) is 0.448. The Morgan fingerprint density at radius 1 is 1.58 bits per heavy atom. The summed E-state index contributed by atoms with van der Waals surface area (Å²) in [5.41, 5.74) is -0.699. The average Bonchev–Trinajstić information content (AvgIpc) is 2.82. The quantitative estimate of drug-likeness (QED) is 0.778. The number of aliphatic carboxylic acids is 1. The summed E-state index contributed by atoms with van der Waals surface area (Å²) >= 11 is 0. The first-order chi connectivity index (χ1) is 9.10. The van der Waals surface area contributed by atoms with Gasteiger partial charge in [-0.2, -0.15) is 0 Å². The number of carboxylic acid groups (broad SMARTS) is 1. The summed E-state index contributed by atoms with van der Waals surface area (Å²) in [4.78, 5) is 14.0. The molecule has 0 radical (unpaired) electrons. The van der Waals surface area contributed by atoms with Gasteiger partial charge in [0.25, 0.3) is 0 Å². The summed E-state index contributed by atoms with van der Waals surface area (Å²) in [6.45, 7) is 5.71. The molecule has 19 heavy (non-hydrogen) atoms. The van der Waals surface area contributed by atoms with Crippen LogP contribution in [-0.4, -0.2) is 60.9 Å². The molecule has 5 nitrogen and oxygen atoms in total. The Labute approximate surface area is 115 Å². The average molecular weight is 270 g/mol. The number of rotatable bonds is 5. The van der Waals surface area contributed by atoms with Crippen molar-refractivity contribution in [2.75, 3.05) is 33.4 Å². The molecule has 1 aliphatic heterocycles. The molecule has 0 amide bonds. The van der Waals surface area contributed by atoms with E-state index >= 15 is 0 Å². The molecule has 3 atom stereocenters. The molecule has 2 rings (SSSR count). The fourth-order valence-corrected chi connectivity index (χ4v) is 3.60. The molecule has 3 unspecified atom stereocenters. The van der Waals surface area contributed by atoms with E-state index in [4.69, 9.17) is 4.74 Å². The number of likely N-dealkylation sites (N-methyl/N-ethyl adjacent to an activating group) is 1. The number of carboxylic acids is 1. The summed E-state index contributed by atoms with van der Waals surface area (Å²) in [6.07, 6.45) is 3.74. The van der Waals surface area contributed by atoms with Crippen LogP contribution < -0.4 is 5.32 Å².